The van der Waals surface area contributed by atoms with Crippen LogP contribution in [0.3, 0.4) is 0 Å². The number of hydrogen-bond acceptors (Lipinski definition) is 5. The second-order valence-corrected chi connectivity index (χ2v) is 7.08. The molecule has 5 heteroatoms. The van der Waals surface area contributed by atoms with Crippen LogP contribution in [0.15, 0.2) is 30.5 Å². The molecule has 0 aromatic heterocycles. The standard InChI is InChI=1S/C21H30N2O3/c1-4-20(24-3)18-7-8-21(17(2)13-18)26-19-9-12-23(14-19)16-25-15-22-10-5-6-11-22/h7-8,13,19H,1,5-6,9-12,14-16H2,2-3H3/t19-/m0/s1. The monoisotopic (exact) mass is 358 g/mol. The Morgan fingerprint density at radius 1 is 1.19 bits per heavy atom. The second kappa shape index (κ2) is 9.24. The molecule has 0 amide bonds. The zero-order valence-electron chi connectivity index (χ0n) is 16.0. The molecule has 2 fully saturated rings. The van der Waals surface area contributed by atoms with Crippen molar-refractivity contribution in [2.45, 2.75) is 32.3 Å². The van der Waals surface area contributed by atoms with Gasteiger partial charge in [-0.15, -0.1) is 0 Å². The first kappa shape index (κ1) is 19.0. The lowest BCUT2D eigenvalue weighted by molar-refractivity contribution is -0.0179. The van der Waals surface area contributed by atoms with Gasteiger partial charge in [0.1, 0.15) is 25.3 Å². The zero-order valence-corrected chi connectivity index (χ0v) is 16.0. The van der Waals surface area contributed by atoms with Crippen molar-refractivity contribution < 1.29 is 14.2 Å². The molecule has 0 spiro atoms. The number of methoxy groups -OCH3 is 1. The Kier molecular flexibility index (Phi) is 6.75. The SMILES string of the molecule is C=C=C(OC)c1ccc(O[C@H]2CCN(COCN3CCCC3)C2)c(C)c1. The number of ether oxygens (including phenoxy) is 3. The summed E-state index contributed by atoms with van der Waals surface area (Å²) in [5.74, 6) is 1.58. The van der Waals surface area contributed by atoms with Crippen molar-refractivity contribution in [1.82, 2.24) is 9.80 Å². The summed E-state index contributed by atoms with van der Waals surface area (Å²) < 4.78 is 17.4. The molecule has 0 saturated carbocycles. The zero-order chi connectivity index (χ0) is 18.4. The van der Waals surface area contributed by atoms with Gasteiger partial charge in [0.2, 0.25) is 0 Å². The maximum Gasteiger partial charge on any atom is 0.168 e. The Hall–Kier alpha value is -1.78. The predicted octanol–water partition coefficient (Wildman–Crippen LogP) is 3.25. The summed E-state index contributed by atoms with van der Waals surface area (Å²) in [5.41, 5.74) is 4.87. The third kappa shape index (κ3) is 4.89. The molecule has 2 heterocycles. The molecule has 0 bridgehead atoms. The van der Waals surface area contributed by atoms with E-state index in [1.807, 2.05) is 12.1 Å². The highest BCUT2D eigenvalue weighted by Crippen LogP contribution is 2.26. The minimum atomic E-state index is 0.215. The minimum absolute atomic E-state index is 0.215. The molecule has 0 unspecified atom stereocenters. The van der Waals surface area contributed by atoms with Crippen LogP contribution in [-0.2, 0) is 9.47 Å². The van der Waals surface area contributed by atoms with Crippen LogP contribution in [0, 0.1) is 6.92 Å². The van der Waals surface area contributed by atoms with Gasteiger partial charge < -0.3 is 14.2 Å². The maximum absolute atomic E-state index is 6.22. The van der Waals surface area contributed by atoms with E-state index in [4.69, 9.17) is 14.2 Å². The molecule has 1 aromatic carbocycles. The van der Waals surface area contributed by atoms with E-state index in [0.29, 0.717) is 12.5 Å². The van der Waals surface area contributed by atoms with E-state index in [9.17, 15) is 0 Å². The van der Waals surface area contributed by atoms with E-state index in [-0.39, 0.29) is 6.10 Å². The normalized spacial score (nSPS) is 20.9. The molecule has 2 aliphatic rings. The second-order valence-electron chi connectivity index (χ2n) is 7.08. The fourth-order valence-corrected chi connectivity index (χ4v) is 3.62. The molecule has 0 N–H and O–H groups in total. The fraction of sp³-hybridized carbons (Fsp3) is 0.571. The summed E-state index contributed by atoms with van der Waals surface area (Å²) >= 11 is 0. The number of hydrogen-bond donors (Lipinski definition) is 0. The molecule has 2 aliphatic heterocycles. The van der Waals surface area contributed by atoms with Crippen molar-refractivity contribution in [3.8, 4) is 5.75 Å². The van der Waals surface area contributed by atoms with Crippen LogP contribution in [0.2, 0.25) is 0 Å². The average molecular weight is 358 g/mol. The Balaban J connectivity index is 1.46. The third-order valence-corrected chi connectivity index (χ3v) is 5.07. The van der Waals surface area contributed by atoms with Crippen LogP contribution in [0.5, 0.6) is 5.75 Å². The smallest absolute Gasteiger partial charge is 0.168 e. The Morgan fingerprint density at radius 2 is 1.96 bits per heavy atom. The van der Waals surface area contributed by atoms with E-state index >= 15 is 0 Å². The quantitative estimate of drug-likeness (QED) is 0.526. The highest BCUT2D eigenvalue weighted by atomic mass is 16.5. The summed E-state index contributed by atoms with van der Waals surface area (Å²) in [7, 11) is 1.63. The van der Waals surface area contributed by atoms with Gasteiger partial charge in [-0.1, -0.05) is 12.3 Å². The van der Waals surface area contributed by atoms with Crippen LogP contribution in [0.25, 0.3) is 5.76 Å². The van der Waals surface area contributed by atoms with Crippen LogP contribution in [0.4, 0.5) is 0 Å². The lowest BCUT2D eigenvalue weighted by Gasteiger charge is -2.20. The highest BCUT2D eigenvalue weighted by Gasteiger charge is 2.24. The van der Waals surface area contributed by atoms with E-state index < -0.39 is 0 Å². The highest BCUT2D eigenvalue weighted by molar-refractivity contribution is 5.61. The molecule has 1 atom stereocenters. The van der Waals surface area contributed by atoms with Crippen molar-refractivity contribution >= 4 is 5.76 Å². The third-order valence-electron chi connectivity index (χ3n) is 5.07. The largest absolute Gasteiger partial charge is 0.489 e. The Morgan fingerprint density at radius 3 is 2.65 bits per heavy atom. The first-order chi connectivity index (χ1) is 12.7. The number of nitrogens with zero attached hydrogens (tertiary/aromatic N) is 2. The van der Waals surface area contributed by atoms with E-state index in [1.165, 1.54) is 25.9 Å². The van der Waals surface area contributed by atoms with Gasteiger partial charge in [-0.2, -0.15) is 0 Å². The molecule has 5 nitrogen and oxygen atoms in total. The number of aryl methyl sites for hydroxylation is 1. The van der Waals surface area contributed by atoms with Gasteiger partial charge in [-0.3, -0.25) is 9.80 Å². The average Bonchev–Trinajstić information content (AvgIpc) is 3.31. The van der Waals surface area contributed by atoms with Gasteiger partial charge in [-0.05, 0) is 49.9 Å². The van der Waals surface area contributed by atoms with E-state index in [1.54, 1.807) is 7.11 Å². The van der Waals surface area contributed by atoms with Crippen LogP contribution in [-0.4, -0.2) is 62.7 Å². The van der Waals surface area contributed by atoms with Crippen molar-refractivity contribution in [3.05, 3.63) is 41.6 Å². The summed E-state index contributed by atoms with van der Waals surface area (Å²) in [5, 5.41) is 0. The molecule has 1 aromatic rings. The van der Waals surface area contributed by atoms with E-state index in [0.717, 1.165) is 43.1 Å². The molecule has 2 saturated heterocycles. The number of likely N-dealkylation sites (tertiary alicyclic amines) is 2. The lowest BCUT2D eigenvalue weighted by atomic mass is 10.1. The number of rotatable bonds is 8. The van der Waals surface area contributed by atoms with Gasteiger partial charge in [0.25, 0.3) is 0 Å². The number of benzene rings is 1. The van der Waals surface area contributed by atoms with Gasteiger partial charge in [0.15, 0.2) is 5.76 Å². The van der Waals surface area contributed by atoms with Gasteiger partial charge in [-0.25, -0.2) is 0 Å². The van der Waals surface area contributed by atoms with Crippen molar-refractivity contribution in [2.24, 2.45) is 0 Å². The van der Waals surface area contributed by atoms with Crippen LogP contribution >= 0.6 is 0 Å². The summed E-state index contributed by atoms with van der Waals surface area (Å²) in [6, 6.07) is 6.05. The Labute approximate surface area is 156 Å². The molecule has 3 rings (SSSR count). The summed E-state index contributed by atoms with van der Waals surface area (Å²) in [4.78, 5) is 4.70. The van der Waals surface area contributed by atoms with Crippen molar-refractivity contribution in [3.63, 3.8) is 0 Å². The van der Waals surface area contributed by atoms with Crippen molar-refractivity contribution in [2.75, 3.05) is 46.8 Å². The molecule has 26 heavy (non-hydrogen) atoms. The van der Waals surface area contributed by atoms with Gasteiger partial charge in [0.05, 0.1) is 7.11 Å². The summed E-state index contributed by atoms with van der Waals surface area (Å²) in [6.07, 6.45) is 3.85. The minimum Gasteiger partial charge on any atom is -0.489 e. The van der Waals surface area contributed by atoms with Crippen LogP contribution < -0.4 is 4.74 Å². The van der Waals surface area contributed by atoms with Gasteiger partial charge in [0, 0.05) is 31.7 Å². The first-order valence-electron chi connectivity index (χ1n) is 9.43. The molecule has 0 aliphatic carbocycles. The molecular weight excluding hydrogens is 328 g/mol. The molecule has 142 valence electrons. The topological polar surface area (TPSA) is 34.2 Å². The first-order valence-corrected chi connectivity index (χ1v) is 9.43. The molecular formula is C21H30N2O3. The fourth-order valence-electron chi connectivity index (χ4n) is 3.62. The van der Waals surface area contributed by atoms with Crippen molar-refractivity contribution in [1.29, 1.82) is 0 Å². The van der Waals surface area contributed by atoms with Gasteiger partial charge >= 0.3 is 0 Å². The summed E-state index contributed by atoms with van der Waals surface area (Å²) in [6.45, 7) is 11.4. The molecule has 0 radical (unpaired) electrons. The Bertz CT molecular complexity index is 649. The maximum atomic E-state index is 6.22. The lowest BCUT2D eigenvalue weighted by Crippen LogP contribution is -2.30. The van der Waals surface area contributed by atoms with E-state index in [2.05, 4.69) is 35.1 Å². The predicted molar refractivity (Wildman–Crippen MR) is 103 cm³/mol. The van der Waals surface area contributed by atoms with Crippen LogP contribution in [0.1, 0.15) is 30.4 Å².